The highest BCUT2D eigenvalue weighted by Gasteiger charge is 2.18. The van der Waals surface area contributed by atoms with Gasteiger partial charge in [0, 0.05) is 38.6 Å². The second-order valence-corrected chi connectivity index (χ2v) is 13.0. The van der Waals surface area contributed by atoms with Gasteiger partial charge in [0.2, 0.25) is 0 Å². The van der Waals surface area contributed by atoms with E-state index < -0.39 is 0 Å². The van der Waals surface area contributed by atoms with Gasteiger partial charge in [0.05, 0.1) is 0 Å². The Kier molecular flexibility index (Phi) is 6.43. The Bertz CT molecular complexity index is 2400. The van der Waals surface area contributed by atoms with Crippen molar-refractivity contribution in [3.05, 3.63) is 168 Å². The van der Waals surface area contributed by atoms with Gasteiger partial charge >= 0.3 is 0 Å². The SMILES string of the molecule is C1=Cc2c(sc3cc(N(c4ccc(-c5ccccc5)cc4)c4ccc(-c5cc6ccccc6c6ccccc56)cc4)ccc23)CN1. The average molecular weight is 607 g/mol. The third-order valence-corrected chi connectivity index (χ3v) is 10.3. The van der Waals surface area contributed by atoms with Crippen LogP contribution >= 0.6 is 11.3 Å². The minimum atomic E-state index is 0.885. The Labute approximate surface area is 272 Å². The molecule has 0 radical (unpaired) electrons. The van der Waals surface area contributed by atoms with E-state index in [2.05, 4.69) is 174 Å². The van der Waals surface area contributed by atoms with E-state index in [0.29, 0.717) is 0 Å². The Morgan fingerprint density at radius 1 is 0.500 bits per heavy atom. The highest BCUT2D eigenvalue weighted by Crippen LogP contribution is 2.42. The molecule has 1 aliphatic rings. The van der Waals surface area contributed by atoms with Crippen molar-refractivity contribution in [2.45, 2.75) is 6.54 Å². The molecule has 46 heavy (non-hydrogen) atoms. The van der Waals surface area contributed by atoms with Crippen molar-refractivity contribution in [3.63, 3.8) is 0 Å². The van der Waals surface area contributed by atoms with Crippen LogP contribution in [0.3, 0.4) is 0 Å². The lowest BCUT2D eigenvalue weighted by Crippen LogP contribution is -2.09. The summed E-state index contributed by atoms with van der Waals surface area (Å²) in [5.41, 5.74) is 9.66. The molecule has 1 N–H and O–H groups in total. The summed E-state index contributed by atoms with van der Waals surface area (Å²) in [5.74, 6) is 0. The van der Waals surface area contributed by atoms with Crippen LogP contribution in [0.2, 0.25) is 0 Å². The second-order valence-electron chi connectivity index (χ2n) is 11.8. The van der Waals surface area contributed by atoms with Gasteiger partial charge in [0.25, 0.3) is 0 Å². The highest BCUT2D eigenvalue weighted by molar-refractivity contribution is 7.19. The second kappa shape index (κ2) is 11.1. The Morgan fingerprint density at radius 2 is 1.13 bits per heavy atom. The van der Waals surface area contributed by atoms with Crippen molar-refractivity contribution >= 4 is 66.1 Å². The number of hydrogen-bond donors (Lipinski definition) is 1. The van der Waals surface area contributed by atoms with Gasteiger partial charge in [-0.25, -0.2) is 0 Å². The molecule has 0 aliphatic carbocycles. The van der Waals surface area contributed by atoms with E-state index in [0.717, 1.165) is 23.6 Å². The van der Waals surface area contributed by atoms with E-state index >= 15 is 0 Å². The molecule has 218 valence electrons. The molecule has 0 atom stereocenters. The molecule has 2 heterocycles. The van der Waals surface area contributed by atoms with Crippen LogP contribution in [0.25, 0.3) is 60.0 Å². The van der Waals surface area contributed by atoms with Gasteiger partial charge in [-0.15, -0.1) is 11.3 Å². The van der Waals surface area contributed by atoms with E-state index in [9.17, 15) is 0 Å². The quantitative estimate of drug-likeness (QED) is 0.196. The van der Waals surface area contributed by atoms with Crippen molar-refractivity contribution in [1.29, 1.82) is 0 Å². The summed E-state index contributed by atoms with van der Waals surface area (Å²) in [7, 11) is 0. The minimum absolute atomic E-state index is 0.885. The number of thiophene rings is 1. The first-order valence-electron chi connectivity index (χ1n) is 15.7. The fourth-order valence-corrected chi connectivity index (χ4v) is 8.04. The molecule has 0 fully saturated rings. The van der Waals surface area contributed by atoms with E-state index in [4.69, 9.17) is 0 Å². The van der Waals surface area contributed by atoms with Gasteiger partial charge in [0.15, 0.2) is 0 Å². The van der Waals surface area contributed by atoms with E-state index in [1.165, 1.54) is 64.3 Å². The van der Waals surface area contributed by atoms with Crippen LogP contribution in [-0.4, -0.2) is 0 Å². The lowest BCUT2D eigenvalue weighted by Gasteiger charge is -2.26. The molecular weight excluding hydrogens is 577 g/mol. The first-order chi connectivity index (χ1) is 22.8. The van der Waals surface area contributed by atoms with Crippen molar-refractivity contribution in [3.8, 4) is 22.3 Å². The third kappa shape index (κ3) is 4.56. The maximum Gasteiger partial charge on any atom is 0.0495 e. The number of rotatable bonds is 5. The van der Waals surface area contributed by atoms with Crippen molar-refractivity contribution in [2.75, 3.05) is 4.90 Å². The highest BCUT2D eigenvalue weighted by atomic mass is 32.1. The molecule has 3 heteroatoms. The van der Waals surface area contributed by atoms with Crippen LogP contribution in [0.1, 0.15) is 10.4 Å². The topological polar surface area (TPSA) is 15.3 Å². The molecule has 1 aromatic heterocycles. The van der Waals surface area contributed by atoms with Crippen LogP contribution in [0.15, 0.2) is 158 Å². The van der Waals surface area contributed by atoms with E-state index in [-0.39, 0.29) is 0 Å². The maximum absolute atomic E-state index is 3.37. The predicted molar refractivity (Wildman–Crippen MR) is 198 cm³/mol. The maximum atomic E-state index is 3.37. The fourth-order valence-electron chi connectivity index (χ4n) is 6.87. The molecule has 2 nitrogen and oxygen atoms in total. The molecule has 7 aromatic carbocycles. The number of nitrogens with zero attached hydrogens (tertiary/aromatic N) is 1. The minimum Gasteiger partial charge on any atom is -0.386 e. The van der Waals surface area contributed by atoms with Crippen LogP contribution in [0.4, 0.5) is 17.1 Å². The van der Waals surface area contributed by atoms with Gasteiger partial charge in [-0.05, 0) is 104 Å². The summed E-state index contributed by atoms with van der Waals surface area (Å²) < 4.78 is 1.31. The van der Waals surface area contributed by atoms with Gasteiger partial charge in [-0.2, -0.15) is 0 Å². The van der Waals surface area contributed by atoms with Gasteiger partial charge < -0.3 is 10.2 Å². The average Bonchev–Trinajstić information content (AvgIpc) is 3.50. The van der Waals surface area contributed by atoms with Crippen LogP contribution in [-0.2, 0) is 6.54 Å². The number of nitrogens with one attached hydrogen (secondary N) is 1. The molecule has 8 aromatic rings. The summed E-state index contributed by atoms with van der Waals surface area (Å²) in [6, 6.07) is 55.3. The normalized spacial score (nSPS) is 12.3. The zero-order chi connectivity index (χ0) is 30.5. The molecule has 1 aliphatic heterocycles. The molecule has 0 saturated heterocycles. The number of anilines is 3. The number of benzene rings is 7. The smallest absolute Gasteiger partial charge is 0.0495 e. The number of hydrogen-bond acceptors (Lipinski definition) is 3. The summed E-state index contributed by atoms with van der Waals surface area (Å²) in [4.78, 5) is 3.77. The Balaban J connectivity index is 1.17. The zero-order valence-corrected chi connectivity index (χ0v) is 26.0. The molecule has 0 unspecified atom stereocenters. The Hall–Kier alpha value is -5.64. The molecule has 0 saturated carbocycles. The van der Waals surface area contributed by atoms with Crippen LogP contribution in [0, 0.1) is 0 Å². The standard InChI is InChI=1S/C43H30N2S/c1-2-8-29(9-3-1)30-14-18-33(19-15-30)45(35-22-23-39-40-24-25-44-28-43(40)46-42(39)27-35)34-20-16-31(17-21-34)41-26-32-10-4-5-11-36(32)37-12-6-7-13-38(37)41/h1-27,44H,28H2. The zero-order valence-electron chi connectivity index (χ0n) is 25.2. The van der Waals surface area contributed by atoms with Crippen molar-refractivity contribution in [1.82, 2.24) is 5.32 Å². The molecule has 0 bridgehead atoms. The summed E-state index contributed by atoms with van der Waals surface area (Å²) in [6.45, 7) is 0.885. The Morgan fingerprint density at radius 3 is 1.91 bits per heavy atom. The first kappa shape index (κ1) is 26.7. The summed E-state index contributed by atoms with van der Waals surface area (Å²) >= 11 is 1.88. The fraction of sp³-hybridized carbons (Fsp3) is 0.0233. The largest absolute Gasteiger partial charge is 0.386 e. The molecular formula is C43H30N2S. The van der Waals surface area contributed by atoms with E-state index in [1.54, 1.807) is 0 Å². The van der Waals surface area contributed by atoms with Gasteiger partial charge in [-0.3, -0.25) is 0 Å². The molecule has 0 amide bonds. The van der Waals surface area contributed by atoms with Gasteiger partial charge in [0.1, 0.15) is 0 Å². The van der Waals surface area contributed by atoms with Crippen molar-refractivity contribution < 1.29 is 0 Å². The van der Waals surface area contributed by atoms with Crippen LogP contribution < -0.4 is 10.2 Å². The van der Waals surface area contributed by atoms with Gasteiger partial charge in [-0.1, -0.05) is 109 Å². The monoisotopic (exact) mass is 606 g/mol. The van der Waals surface area contributed by atoms with Crippen molar-refractivity contribution in [2.24, 2.45) is 0 Å². The first-order valence-corrected chi connectivity index (χ1v) is 16.5. The van der Waals surface area contributed by atoms with Crippen LogP contribution in [0.5, 0.6) is 0 Å². The summed E-state index contributed by atoms with van der Waals surface area (Å²) in [6.07, 6.45) is 4.26. The predicted octanol–water partition coefficient (Wildman–Crippen LogP) is 12.1. The third-order valence-electron chi connectivity index (χ3n) is 9.11. The molecule has 9 rings (SSSR count). The number of fused-ring (bicyclic) bond motifs is 6. The van der Waals surface area contributed by atoms with E-state index in [1.807, 2.05) is 11.3 Å². The lowest BCUT2D eigenvalue weighted by atomic mass is 9.93. The lowest BCUT2D eigenvalue weighted by molar-refractivity contribution is 0.878. The summed E-state index contributed by atoms with van der Waals surface area (Å²) in [5, 5.41) is 9.81. The molecule has 0 spiro atoms.